The number of hydrogen-bond acceptors (Lipinski definition) is 6. The van der Waals surface area contributed by atoms with Gasteiger partial charge >= 0.3 is 0 Å². The smallest absolute Gasteiger partial charge is 0.255 e. The van der Waals surface area contributed by atoms with Crippen LogP contribution in [0.2, 0.25) is 5.02 Å². The van der Waals surface area contributed by atoms with E-state index >= 15 is 0 Å². The summed E-state index contributed by atoms with van der Waals surface area (Å²) in [5.41, 5.74) is 0.242. The zero-order chi connectivity index (χ0) is 29.2. The molecular weight excluding hydrogens is 548 g/mol. The number of ether oxygens (including phenoxy) is 2. The van der Waals surface area contributed by atoms with Gasteiger partial charge in [-0.25, -0.2) is 0 Å². The Morgan fingerprint density at radius 1 is 1.12 bits per heavy atom. The molecule has 10 nitrogen and oxygen atoms in total. The molecule has 41 heavy (non-hydrogen) atoms. The number of carbonyl (C=O) groups is 4. The number of halogens is 1. The molecule has 2 aliphatic rings. The fraction of sp³-hybridized carbons (Fsp3) is 0.467. The van der Waals surface area contributed by atoms with Crippen LogP contribution in [0.25, 0.3) is 0 Å². The number of unbranched alkanes of at least 4 members (excludes halogenated alkanes) is 1. The third kappa shape index (κ3) is 8.13. The Kier molecular flexibility index (Phi) is 10.8. The van der Waals surface area contributed by atoms with Gasteiger partial charge in [-0.1, -0.05) is 37.1 Å². The summed E-state index contributed by atoms with van der Waals surface area (Å²) in [5, 5.41) is 6.06. The number of nitrogens with zero attached hydrogens (tertiary/aromatic N) is 2. The summed E-state index contributed by atoms with van der Waals surface area (Å²) in [6.45, 7) is 3.90. The molecule has 2 aromatic carbocycles. The third-order valence-electron chi connectivity index (χ3n) is 7.19. The molecule has 0 aliphatic carbocycles. The molecule has 11 heteroatoms. The first-order valence-electron chi connectivity index (χ1n) is 14.1. The van der Waals surface area contributed by atoms with Crippen molar-refractivity contribution in [1.29, 1.82) is 0 Å². The highest BCUT2D eigenvalue weighted by Gasteiger charge is 2.38. The van der Waals surface area contributed by atoms with Crippen LogP contribution in [0.5, 0.6) is 11.5 Å². The van der Waals surface area contributed by atoms with Crippen LogP contribution >= 0.6 is 11.6 Å². The van der Waals surface area contributed by atoms with Crippen molar-refractivity contribution >= 4 is 35.2 Å². The van der Waals surface area contributed by atoms with Crippen LogP contribution in [0.3, 0.4) is 0 Å². The highest BCUT2D eigenvalue weighted by Crippen LogP contribution is 2.23. The Morgan fingerprint density at radius 2 is 1.90 bits per heavy atom. The molecule has 0 spiro atoms. The molecule has 220 valence electrons. The molecule has 0 unspecified atom stereocenters. The minimum atomic E-state index is -1.16. The van der Waals surface area contributed by atoms with Gasteiger partial charge in [-0.3, -0.25) is 19.2 Å². The van der Waals surface area contributed by atoms with Gasteiger partial charge in [-0.2, -0.15) is 0 Å². The first-order chi connectivity index (χ1) is 19.9. The van der Waals surface area contributed by atoms with E-state index < -0.39 is 23.9 Å². The number of carbonyl (C=O) groups excluding carboxylic acids is 4. The van der Waals surface area contributed by atoms with Crippen molar-refractivity contribution in [3.05, 3.63) is 59.1 Å². The summed E-state index contributed by atoms with van der Waals surface area (Å²) >= 11 is 5.90. The topological polar surface area (TPSA) is 117 Å². The van der Waals surface area contributed by atoms with Crippen LogP contribution in [0.1, 0.15) is 49.4 Å². The molecule has 0 aromatic heterocycles. The van der Waals surface area contributed by atoms with E-state index in [1.807, 2.05) is 0 Å². The SMILES string of the molecule is CCCCN1CCOc2ccccc2C(=O)N[C@@H](C(=O)NCCOc2ccc(Cl)cc2)CC(=O)N2CCC[C@@H]2C1=O. The van der Waals surface area contributed by atoms with Gasteiger partial charge in [0.25, 0.3) is 5.91 Å². The van der Waals surface area contributed by atoms with Gasteiger partial charge in [-0.15, -0.1) is 0 Å². The van der Waals surface area contributed by atoms with Gasteiger partial charge in [-0.05, 0) is 55.7 Å². The van der Waals surface area contributed by atoms with Gasteiger partial charge in [0.2, 0.25) is 17.7 Å². The zero-order valence-electron chi connectivity index (χ0n) is 23.3. The maximum atomic E-state index is 13.6. The number of hydrogen-bond donors (Lipinski definition) is 2. The lowest BCUT2D eigenvalue weighted by atomic mass is 10.1. The molecule has 2 heterocycles. The molecule has 4 rings (SSSR count). The van der Waals surface area contributed by atoms with E-state index in [1.165, 1.54) is 0 Å². The first-order valence-corrected chi connectivity index (χ1v) is 14.5. The number of para-hydroxylation sites is 1. The van der Waals surface area contributed by atoms with Crippen molar-refractivity contribution in [3.63, 3.8) is 0 Å². The quantitative estimate of drug-likeness (QED) is 0.461. The van der Waals surface area contributed by atoms with Crippen LogP contribution in [-0.2, 0) is 14.4 Å². The van der Waals surface area contributed by atoms with E-state index in [0.29, 0.717) is 49.0 Å². The van der Waals surface area contributed by atoms with Crippen LogP contribution in [0, 0.1) is 0 Å². The molecule has 4 amide bonds. The molecule has 2 N–H and O–H groups in total. The van der Waals surface area contributed by atoms with Crippen molar-refractivity contribution in [2.75, 3.05) is 39.4 Å². The highest BCUT2D eigenvalue weighted by atomic mass is 35.5. The fourth-order valence-electron chi connectivity index (χ4n) is 4.99. The van der Waals surface area contributed by atoms with Gasteiger partial charge in [0.05, 0.1) is 25.1 Å². The summed E-state index contributed by atoms with van der Waals surface area (Å²) < 4.78 is 11.6. The molecular formula is C30H37ClN4O6. The van der Waals surface area contributed by atoms with Crippen LogP contribution in [0.4, 0.5) is 0 Å². The van der Waals surface area contributed by atoms with Crippen molar-refractivity contribution in [2.45, 2.75) is 51.1 Å². The Balaban J connectivity index is 1.52. The molecule has 2 aliphatic heterocycles. The van der Waals surface area contributed by atoms with Crippen molar-refractivity contribution < 1.29 is 28.7 Å². The largest absolute Gasteiger partial charge is 0.492 e. The van der Waals surface area contributed by atoms with Crippen molar-refractivity contribution in [1.82, 2.24) is 20.4 Å². The standard InChI is InChI=1S/C30H37ClN4O6/c1-2-3-15-34-17-19-41-26-9-5-4-7-23(26)28(37)33-24(20-27(36)35-16-6-8-25(35)30(34)39)29(38)32-14-18-40-22-12-10-21(31)11-13-22/h4-5,7,9-13,24-25H,2-3,6,8,14-20H2,1H3,(H,32,38)(H,33,37)/t24-,25-/m1/s1. The second kappa shape index (κ2) is 14.7. The maximum Gasteiger partial charge on any atom is 0.255 e. The Hall–Kier alpha value is -3.79. The molecule has 1 saturated heterocycles. The van der Waals surface area contributed by atoms with Crippen molar-refractivity contribution in [3.8, 4) is 11.5 Å². The number of amides is 4. The highest BCUT2D eigenvalue weighted by molar-refractivity contribution is 6.30. The number of fused-ring (bicyclic) bond motifs is 2. The molecule has 2 atom stereocenters. The van der Waals surface area contributed by atoms with Crippen LogP contribution < -0.4 is 20.1 Å². The molecule has 2 aromatic rings. The molecule has 0 saturated carbocycles. The average molecular weight is 585 g/mol. The zero-order valence-corrected chi connectivity index (χ0v) is 24.0. The number of rotatable bonds is 8. The first kappa shape index (κ1) is 30.2. The number of benzene rings is 2. The predicted molar refractivity (Wildman–Crippen MR) is 154 cm³/mol. The molecule has 0 bridgehead atoms. The summed E-state index contributed by atoms with van der Waals surface area (Å²) in [6.07, 6.45) is 2.72. The maximum absolute atomic E-state index is 13.6. The monoisotopic (exact) mass is 584 g/mol. The van der Waals surface area contributed by atoms with Crippen molar-refractivity contribution in [2.24, 2.45) is 0 Å². The van der Waals surface area contributed by atoms with E-state index in [9.17, 15) is 19.2 Å². The van der Waals surface area contributed by atoms with Crippen LogP contribution in [0.15, 0.2) is 48.5 Å². The second-order valence-electron chi connectivity index (χ2n) is 10.1. The number of nitrogens with one attached hydrogen (secondary N) is 2. The lowest BCUT2D eigenvalue weighted by Crippen LogP contribution is -2.53. The van der Waals surface area contributed by atoms with E-state index in [2.05, 4.69) is 17.6 Å². The minimum absolute atomic E-state index is 0.109. The van der Waals surface area contributed by atoms with E-state index in [1.54, 1.807) is 58.3 Å². The lowest BCUT2D eigenvalue weighted by molar-refractivity contribution is -0.144. The van der Waals surface area contributed by atoms with Gasteiger partial charge < -0.3 is 29.9 Å². The van der Waals surface area contributed by atoms with E-state index in [-0.39, 0.29) is 43.6 Å². The van der Waals surface area contributed by atoms with E-state index in [4.69, 9.17) is 21.1 Å². The molecule has 1 fully saturated rings. The van der Waals surface area contributed by atoms with Crippen LogP contribution in [-0.4, -0.2) is 84.9 Å². The van der Waals surface area contributed by atoms with Gasteiger partial charge in [0.15, 0.2) is 0 Å². The summed E-state index contributed by atoms with van der Waals surface area (Å²) in [6, 6.07) is 11.8. The molecule has 0 radical (unpaired) electrons. The Bertz CT molecular complexity index is 1220. The summed E-state index contributed by atoms with van der Waals surface area (Å²) in [7, 11) is 0. The second-order valence-corrected chi connectivity index (χ2v) is 10.5. The summed E-state index contributed by atoms with van der Waals surface area (Å²) in [4.78, 5) is 57.0. The summed E-state index contributed by atoms with van der Waals surface area (Å²) in [5.74, 6) is -0.574. The third-order valence-corrected chi connectivity index (χ3v) is 7.44. The Morgan fingerprint density at radius 3 is 2.68 bits per heavy atom. The minimum Gasteiger partial charge on any atom is -0.492 e. The predicted octanol–water partition coefficient (Wildman–Crippen LogP) is 3.04. The fourth-order valence-corrected chi connectivity index (χ4v) is 5.12. The van der Waals surface area contributed by atoms with Gasteiger partial charge in [0, 0.05) is 18.1 Å². The Labute approximate surface area is 245 Å². The normalized spacial score (nSPS) is 19.9. The average Bonchev–Trinajstić information content (AvgIpc) is 3.47. The van der Waals surface area contributed by atoms with Gasteiger partial charge in [0.1, 0.15) is 36.8 Å². The van der Waals surface area contributed by atoms with E-state index in [0.717, 1.165) is 12.8 Å². The lowest BCUT2D eigenvalue weighted by Gasteiger charge is -2.31.